The molecule has 5 nitrogen and oxygen atoms in total. The van der Waals surface area contributed by atoms with Gasteiger partial charge in [-0.3, -0.25) is 9.59 Å². The van der Waals surface area contributed by atoms with Gasteiger partial charge in [0.05, 0.1) is 18.6 Å². The monoisotopic (exact) mass is 201 g/mol. The Labute approximate surface area is 82.3 Å². The van der Waals surface area contributed by atoms with E-state index in [2.05, 4.69) is 0 Å². The van der Waals surface area contributed by atoms with E-state index in [9.17, 15) is 9.59 Å². The number of hydrogen-bond acceptors (Lipinski definition) is 3. The highest BCUT2D eigenvalue weighted by Crippen LogP contribution is 2.21. The van der Waals surface area contributed by atoms with Crippen LogP contribution in [0.3, 0.4) is 0 Å². The van der Waals surface area contributed by atoms with E-state index in [1.54, 1.807) is 0 Å². The van der Waals surface area contributed by atoms with Gasteiger partial charge in [-0.05, 0) is 6.42 Å². The van der Waals surface area contributed by atoms with Gasteiger partial charge in [0.1, 0.15) is 0 Å². The van der Waals surface area contributed by atoms with Gasteiger partial charge in [0.25, 0.3) is 0 Å². The summed E-state index contributed by atoms with van der Waals surface area (Å²) in [5, 5.41) is 17.7. The van der Waals surface area contributed by atoms with Crippen LogP contribution >= 0.6 is 0 Å². The maximum Gasteiger partial charge on any atom is 0.308 e. The minimum atomic E-state index is -0.936. The highest BCUT2D eigenvalue weighted by atomic mass is 16.4. The molecule has 0 aromatic rings. The molecule has 2 N–H and O–H groups in total. The van der Waals surface area contributed by atoms with Crippen molar-refractivity contribution in [3.05, 3.63) is 0 Å². The summed E-state index contributed by atoms with van der Waals surface area (Å²) in [6, 6.07) is -0.230. The lowest BCUT2D eigenvalue weighted by Gasteiger charge is -2.24. The number of hydrogen-bond donors (Lipinski definition) is 2. The van der Waals surface area contributed by atoms with Crippen molar-refractivity contribution in [2.24, 2.45) is 5.92 Å². The second-order valence-corrected chi connectivity index (χ2v) is 3.53. The summed E-state index contributed by atoms with van der Waals surface area (Å²) in [6.45, 7) is 1.99. The number of nitrogens with zero attached hydrogens (tertiary/aromatic N) is 1. The molecule has 14 heavy (non-hydrogen) atoms. The Bertz CT molecular complexity index is 237. The van der Waals surface area contributed by atoms with Gasteiger partial charge in [0, 0.05) is 13.0 Å². The first kappa shape index (κ1) is 11.0. The van der Waals surface area contributed by atoms with E-state index in [1.807, 2.05) is 6.92 Å². The fourth-order valence-corrected chi connectivity index (χ4v) is 1.70. The number of aliphatic carboxylic acids is 1. The summed E-state index contributed by atoms with van der Waals surface area (Å²) in [7, 11) is 0. The van der Waals surface area contributed by atoms with Crippen LogP contribution in [0.25, 0.3) is 0 Å². The van der Waals surface area contributed by atoms with Gasteiger partial charge in [0.2, 0.25) is 5.91 Å². The first-order valence-corrected chi connectivity index (χ1v) is 4.73. The van der Waals surface area contributed by atoms with Crippen molar-refractivity contribution in [3.8, 4) is 0 Å². The van der Waals surface area contributed by atoms with Crippen LogP contribution in [-0.2, 0) is 9.59 Å². The normalized spacial score (nSPS) is 24.0. The Morgan fingerprint density at radius 1 is 1.71 bits per heavy atom. The number of likely N-dealkylation sites (tertiary alicyclic amines) is 1. The molecule has 0 aliphatic carbocycles. The van der Waals surface area contributed by atoms with Gasteiger partial charge in [0.15, 0.2) is 0 Å². The quantitative estimate of drug-likeness (QED) is 0.654. The first-order chi connectivity index (χ1) is 6.60. The van der Waals surface area contributed by atoms with Crippen LogP contribution in [0.15, 0.2) is 0 Å². The van der Waals surface area contributed by atoms with Crippen LogP contribution in [0.2, 0.25) is 0 Å². The predicted octanol–water partition coefficient (Wildman–Crippen LogP) is -0.310. The fraction of sp³-hybridized carbons (Fsp3) is 0.778. The van der Waals surface area contributed by atoms with Gasteiger partial charge in [-0.2, -0.15) is 0 Å². The largest absolute Gasteiger partial charge is 0.481 e. The number of carbonyl (C=O) groups excluding carboxylic acids is 1. The Morgan fingerprint density at radius 3 is 2.71 bits per heavy atom. The third-order valence-electron chi connectivity index (χ3n) is 2.63. The molecular formula is C9H15NO4. The molecule has 2 atom stereocenters. The SMILES string of the molecule is CC[C@@H](CO)N1CC(C(=O)O)CC1=O. The molecule has 1 rings (SSSR count). The number of aliphatic hydroxyl groups is 1. The van der Waals surface area contributed by atoms with Crippen molar-refractivity contribution < 1.29 is 19.8 Å². The summed E-state index contributed by atoms with van der Waals surface area (Å²) in [5.41, 5.74) is 0. The van der Waals surface area contributed by atoms with E-state index < -0.39 is 11.9 Å². The molecule has 0 aromatic carbocycles. The number of rotatable bonds is 4. The third kappa shape index (κ3) is 2.04. The molecule has 1 unspecified atom stereocenters. The third-order valence-corrected chi connectivity index (χ3v) is 2.63. The Kier molecular flexibility index (Phi) is 3.46. The Hall–Kier alpha value is -1.10. The smallest absolute Gasteiger partial charge is 0.308 e. The van der Waals surface area contributed by atoms with Crippen LogP contribution in [0.4, 0.5) is 0 Å². The molecule has 1 aliphatic rings. The van der Waals surface area contributed by atoms with E-state index in [0.717, 1.165) is 0 Å². The van der Waals surface area contributed by atoms with E-state index in [4.69, 9.17) is 10.2 Å². The van der Waals surface area contributed by atoms with Crippen LogP contribution < -0.4 is 0 Å². The molecule has 5 heteroatoms. The van der Waals surface area contributed by atoms with Crippen molar-refractivity contribution in [2.45, 2.75) is 25.8 Å². The van der Waals surface area contributed by atoms with Gasteiger partial charge in [-0.15, -0.1) is 0 Å². The van der Waals surface area contributed by atoms with Crippen molar-refractivity contribution >= 4 is 11.9 Å². The molecule has 1 fully saturated rings. The summed E-state index contributed by atoms with van der Waals surface area (Å²) < 4.78 is 0. The molecule has 0 spiro atoms. The van der Waals surface area contributed by atoms with Crippen LogP contribution in [0, 0.1) is 5.92 Å². The molecule has 1 heterocycles. The molecule has 0 saturated carbocycles. The topological polar surface area (TPSA) is 77.8 Å². The second kappa shape index (κ2) is 4.41. The summed E-state index contributed by atoms with van der Waals surface area (Å²) >= 11 is 0. The lowest BCUT2D eigenvalue weighted by Crippen LogP contribution is -2.39. The van der Waals surface area contributed by atoms with Crippen LogP contribution in [0.1, 0.15) is 19.8 Å². The Balaban J connectivity index is 2.64. The van der Waals surface area contributed by atoms with E-state index in [0.29, 0.717) is 6.42 Å². The fourth-order valence-electron chi connectivity index (χ4n) is 1.70. The Morgan fingerprint density at radius 2 is 2.36 bits per heavy atom. The molecule has 0 bridgehead atoms. The highest BCUT2D eigenvalue weighted by Gasteiger charge is 2.36. The van der Waals surface area contributed by atoms with Crippen molar-refractivity contribution in [3.63, 3.8) is 0 Å². The van der Waals surface area contributed by atoms with E-state index in [1.165, 1.54) is 4.90 Å². The predicted molar refractivity (Wildman–Crippen MR) is 48.6 cm³/mol. The van der Waals surface area contributed by atoms with Crippen LogP contribution in [0.5, 0.6) is 0 Å². The average Bonchev–Trinajstić information content (AvgIpc) is 2.51. The molecular weight excluding hydrogens is 186 g/mol. The molecule has 0 radical (unpaired) electrons. The summed E-state index contributed by atoms with van der Waals surface area (Å²) in [6.07, 6.45) is 0.709. The average molecular weight is 201 g/mol. The lowest BCUT2D eigenvalue weighted by molar-refractivity contribution is -0.141. The maximum atomic E-state index is 11.4. The van der Waals surface area contributed by atoms with Crippen molar-refractivity contribution in [1.82, 2.24) is 4.90 Å². The van der Waals surface area contributed by atoms with Crippen LogP contribution in [-0.4, -0.2) is 46.2 Å². The number of amides is 1. The number of carbonyl (C=O) groups is 2. The van der Waals surface area contributed by atoms with E-state index in [-0.39, 0.29) is 31.5 Å². The number of aliphatic hydroxyl groups excluding tert-OH is 1. The highest BCUT2D eigenvalue weighted by molar-refractivity contribution is 5.86. The number of carboxylic acid groups (broad SMARTS) is 1. The number of carboxylic acids is 1. The van der Waals surface area contributed by atoms with Gasteiger partial charge in [-0.1, -0.05) is 6.92 Å². The summed E-state index contributed by atoms with van der Waals surface area (Å²) in [5.74, 6) is -1.71. The molecule has 1 amide bonds. The zero-order valence-corrected chi connectivity index (χ0v) is 8.14. The van der Waals surface area contributed by atoms with Gasteiger partial charge >= 0.3 is 5.97 Å². The second-order valence-electron chi connectivity index (χ2n) is 3.53. The first-order valence-electron chi connectivity index (χ1n) is 4.73. The van der Waals surface area contributed by atoms with Crippen molar-refractivity contribution in [2.75, 3.05) is 13.2 Å². The molecule has 1 saturated heterocycles. The zero-order chi connectivity index (χ0) is 10.7. The minimum absolute atomic E-state index is 0.0613. The van der Waals surface area contributed by atoms with Crippen molar-refractivity contribution in [1.29, 1.82) is 0 Å². The molecule has 1 aliphatic heterocycles. The lowest BCUT2D eigenvalue weighted by atomic mass is 10.1. The standard InChI is InChI=1S/C9H15NO4/c1-2-7(5-11)10-4-6(9(13)14)3-8(10)12/h6-7,11H,2-5H2,1H3,(H,13,14)/t6?,7-/m0/s1. The van der Waals surface area contributed by atoms with Gasteiger partial charge < -0.3 is 15.1 Å². The zero-order valence-electron chi connectivity index (χ0n) is 8.14. The summed E-state index contributed by atoms with van der Waals surface area (Å²) in [4.78, 5) is 23.5. The van der Waals surface area contributed by atoms with Gasteiger partial charge in [-0.25, -0.2) is 0 Å². The molecule has 0 aromatic heterocycles. The maximum absolute atomic E-state index is 11.4. The van der Waals surface area contributed by atoms with E-state index >= 15 is 0 Å². The molecule has 80 valence electrons. The minimum Gasteiger partial charge on any atom is -0.481 e.